The second kappa shape index (κ2) is 7.92. The molecule has 1 N–H and O–H groups in total. The number of esters is 1. The number of aryl methyl sites for hydroxylation is 1. The Kier molecular flexibility index (Phi) is 5.60. The Morgan fingerprint density at radius 1 is 1.33 bits per heavy atom. The van der Waals surface area contributed by atoms with E-state index in [1.807, 2.05) is 6.92 Å². The third-order valence-electron chi connectivity index (χ3n) is 4.42. The summed E-state index contributed by atoms with van der Waals surface area (Å²) in [4.78, 5) is 36.3. The number of hydrogen-bond donors (Lipinski definition) is 1. The second-order valence-corrected chi connectivity index (χ2v) is 7.09. The van der Waals surface area contributed by atoms with Gasteiger partial charge in [0.05, 0.1) is 5.69 Å². The van der Waals surface area contributed by atoms with Crippen molar-refractivity contribution in [1.29, 1.82) is 0 Å². The van der Waals surface area contributed by atoms with E-state index in [0.717, 1.165) is 12.8 Å². The summed E-state index contributed by atoms with van der Waals surface area (Å²) in [5.74, 6) is -0.833. The summed E-state index contributed by atoms with van der Waals surface area (Å²) in [5.41, 5.74) is 0.255. The highest BCUT2D eigenvalue weighted by Gasteiger charge is 2.29. The number of ether oxygens (including phenoxy) is 1. The molecule has 8 heteroatoms. The molecule has 1 saturated carbocycles. The van der Waals surface area contributed by atoms with Gasteiger partial charge in [-0.3, -0.25) is 9.59 Å². The van der Waals surface area contributed by atoms with Gasteiger partial charge in [0.25, 0.3) is 5.91 Å². The molecule has 0 spiro atoms. The first-order valence-electron chi connectivity index (χ1n) is 8.68. The highest BCUT2D eigenvalue weighted by molar-refractivity contribution is 6.30. The van der Waals surface area contributed by atoms with Crippen molar-refractivity contribution >= 4 is 23.5 Å². The Balaban J connectivity index is 1.72. The predicted molar refractivity (Wildman–Crippen MR) is 100 cm³/mol. The summed E-state index contributed by atoms with van der Waals surface area (Å²) < 4.78 is 6.42. The van der Waals surface area contributed by atoms with Crippen LogP contribution in [0.15, 0.2) is 35.1 Å². The fourth-order valence-corrected chi connectivity index (χ4v) is 2.87. The van der Waals surface area contributed by atoms with E-state index in [9.17, 15) is 14.4 Å². The smallest absolute Gasteiger partial charge is 0.363 e. The van der Waals surface area contributed by atoms with Crippen molar-refractivity contribution in [3.63, 3.8) is 0 Å². The first-order chi connectivity index (χ1) is 12.8. The summed E-state index contributed by atoms with van der Waals surface area (Å²) in [5, 5.41) is 7.44. The third kappa shape index (κ3) is 4.74. The number of rotatable bonds is 6. The molecule has 27 heavy (non-hydrogen) atoms. The minimum Gasteiger partial charge on any atom is -0.451 e. The van der Waals surface area contributed by atoms with Crippen LogP contribution in [-0.4, -0.2) is 34.3 Å². The van der Waals surface area contributed by atoms with Gasteiger partial charge in [0, 0.05) is 22.8 Å². The molecule has 0 radical (unpaired) electrons. The zero-order chi connectivity index (χ0) is 19.6. The number of nitrogens with one attached hydrogen (secondary N) is 1. The van der Waals surface area contributed by atoms with E-state index in [4.69, 9.17) is 16.3 Å². The van der Waals surface area contributed by atoms with Crippen LogP contribution in [0.2, 0.25) is 5.02 Å². The lowest BCUT2D eigenvalue weighted by molar-refractivity contribution is -0.125. The molecule has 7 nitrogen and oxygen atoms in total. The molecular weight excluding hydrogens is 370 g/mol. The first-order valence-corrected chi connectivity index (χ1v) is 9.06. The molecule has 0 aliphatic heterocycles. The number of hydrogen-bond acceptors (Lipinski definition) is 5. The van der Waals surface area contributed by atoms with Gasteiger partial charge in [-0.05, 0) is 56.9 Å². The third-order valence-corrected chi connectivity index (χ3v) is 4.68. The maximum absolute atomic E-state index is 12.3. The number of carbonyl (C=O) groups is 2. The van der Waals surface area contributed by atoms with Crippen LogP contribution < -0.4 is 10.7 Å². The largest absolute Gasteiger partial charge is 0.451 e. The van der Waals surface area contributed by atoms with Crippen LogP contribution in [0.5, 0.6) is 0 Å². The van der Waals surface area contributed by atoms with Gasteiger partial charge in [0.15, 0.2) is 6.61 Å². The van der Waals surface area contributed by atoms with Crippen LogP contribution in [-0.2, 0) is 9.53 Å². The standard InChI is InChI=1S/C19H20ClN3O4/c1-11-9-16(24)18(22-23(11)15-7-5-14(20)6-8-15)19(26)27-10-17(25)21-12(2)13-3-4-13/h5-9,12-13H,3-4,10H2,1-2H3,(H,21,25)/t12-/m0/s1. The van der Waals surface area contributed by atoms with Gasteiger partial charge in [-0.1, -0.05) is 11.6 Å². The van der Waals surface area contributed by atoms with Crippen LogP contribution in [0.25, 0.3) is 5.69 Å². The molecule has 2 aromatic rings. The number of benzene rings is 1. The van der Waals surface area contributed by atoms with Gasteiger partial charge in [0.1, 0.15) is 0 Å². The van der Waals surface area contributed by atoms with Crippen molar-refractivity contribution in [2.75, 3.05) is 6.61 Å². The van der Waals surface area contributed by atoms with E-state index < -0.39 is 23.9 Å². The van der Waals surface area contributed by atoms with Crippen molar-refractivity contribution in [2.24, 2.45) is 5.92 Å². The second-order valence-electron chi connectivity index (χ2n) is 6.66. The number of nitrogens with zero attached hydrogens (tertiary/aromatic N) is 2. The number of amides is 1. The van der Waals surface area contributed by atoms with E-state index >= 15 is 0 Å². The Bertz CT molecular complexity index is 920. The summed E-state index contributed by atoms with van der Waals surface area (Å²) in [7, 11) is 0. The van der Waals surface area contributed by atoms with Crippen molar-refractivity contribution in [3.8, 4) is 5.69 Å². The van der Waals surface area contributed by atoms with E-state index in [1.54, 1.807) is 31.2 Å². The fourth-order valence-electron chi connectivity index (χ4n) is 2.74. The van der Waals surface area contributed by atoms with E-state index in [2.05, 4.69) is 10.4 Å². The van der Waals surface area contributed by atoms with Crippen LogP contribution >= 0.6 is 11.6 Å². The molecule has 1 aliphatic carbocycles. The van der Waals surface area contributed by atoms with E-state index in [-0.39, 0.29) is 11.7 Å². The summed E-state index contributed by atoms with van der Waals surface area (Å²) in [6.07, 6.45) is 2.19. The van der Waals surface area contributed by atoms with Gasteiger partial charge < -0.3 is 10.1 Å². The van der Waals surface area contributed by atoms with Crippen LogP contribution in [0.3, 0.4) is 0 Å². The number of aromatic nitrogens is 2. The molecule has 1 heterocycles. The maximum Gasteiger partial charge on any atom is 0.363 e. The Morgan fingerprint density at radius 3 is 2.63 bits per heavy atom. The molecule has 1 aromatic carbocycles. The van der Waals surface area contributed by atoms with Crippen molar-refractivity contribution < 1.29 is 14.3 Å². The fraction of sp³-hybridized carbons (Fsp3) is 0.368. The molecule has 1 aliphatic rings. The Morgan fingerprint density at radius 2 is 2.00 bits per heavy atom. The molecule has 1 atom stereocenters. The van der Waals surface area contributed by atoms with Crippen molar-refractivity contribution in [2.45, 2.75) is 32.7 Å². The molecule has 1 fully saturated rings. The van der Waals surface area contributed by atoms with Gasteiger partial charge in [-0.25, -0.2) is 9.48 Å². The average Bonchev–Trinajstić information content (AvgIpc) is 3.46. The Labute approximate surface area is 161 Å². The molecule has 0 saturated heterocycles. The molecule has 142 valence electrons. The topological polar surface area (TPSA) is 90.3 Å². The lowest BCUT2D eigenvalue weighted by atomic mass is 10.2. The van der Waals surface area contributed by atoms with Gasteiger partial charge >= 0.3 is 5.97 Å². The van der Waals surface area contributed by atoms with Gasteiger partial charge in [0.2, 0.25) is 11.1 Å². The average molecular weight is 390 g/mol. The van der Waals surface area contributed by atoms with Gasteiger partial charge in [-0.2, -0.15) is 5.10 Å². The van der Waals surface area contributed by atoms with Crippen LogP contribution in [0, 0.1) is 12.8 Å². The SMILES string of the molecule is Cc1cc(=O)c(C(=O)OCC(=O)N[C@@H](C)C2CC2)nn1-c1ccc(Cl)cc1. The lowest BCUT2D eigenvalue weighted by Crippen LogP contribution is -2.37. The molecular formula is C19H20ClN3O4. The minimum absolute atomic E-state index is 0.0517. The quantitative estimate of drug-likeness (QED) is 0.765. The molecule has 1 amide bonds. The van der Waals surface area contributed by atoms with Crippen molar-refractivity contribution in [1.82, 2.24) is 15.1 Å². The zero-order valence-electron chi connectivity index (χ0n) is 15.1. The molecule has 0 unspecified atom stereocenters. The Hall–Kier alpha value is -2.67. The van der Waals surface area contributed by atoms with Crippen LogP contribution in [0.4, 0.5) is 0 Å². The number of carbonyl (C=O) groups excluding carboxylic acids is 2. The lowest BCUT2D eigenvalue weighted by Gasteiger charge is -2.13. The monoisotopic (exact) mass is 389 g/mol. The zero-order valence-corrected chi connectivity index (χ0v) is 15.8. The normalized spacial score (nSPS) is 14.5. The molecule has 3 rings (SSSR count). The predicted octanol–water partition coefficient (Wildman–Crippen LogP) is 2.27. The highest BCUT2D eigenvalue weighted by atomic mass is 35.5. The summed E-state index contributed by atoms with van der Waals surface area (Å²) >= 11 is 5.88. The van der Waals surface area contributed by atoms with Gasteiger partial charge in [-0.15, -0.1) is 0 Å². The highest BCUT2D eigenvalue weighted by Crippen LogP contribution is 2.32. The van der Waals surface area contributed by atoms with E-state index in [0.29, 0.717) is 22.3 Å². The van der Waals surface area contributed by atoms with Crippen LogP contribution in [0.1, 0.15) is 35.9 Å². The number of halogens is 1. The maximum atomic E-state index is 12.3. The first kappa shape index (κ1) is 19.1. The molecule has 0 bridgehead atoms. The van der Waals surface area contributed by atoms with Crippen molar-refractivity contribution in [3.05, 3.63) is 57.0 Å². The minimum atomic E-state index is -0.933. The molecule has 1 aromatic heterocycles. The summed E-state index contributed by atoms with van der Waals surface area (Å²) in [6.45, 7) is 3.17. The van der Waals surface area contributed by atoms with E-state index in [1.165, 1.54) is 10.7 Å². The summed E-state index contributed by atoms with van der Waals surface area (Å²) in [6, 6.07) is 8.14.